The number of carbonyl (C=O) groups excluding carboxylic acids is 1. The van der Waals surface area contributed by atoms with Gasteiger partial charge in [0.15, 0.2) is 0 Å². The van der Waals surface area contributed by atoms with E-state index >= 15 is 0 Å². The van der Waals surface area contributed by atoms with Crippen molar-refractivity contribution in [1.82, 2.24) is 10.2 Å². The maximum Gasteiger partial charge on any atom is 0.264 e. The average molecular weight is 396 g/mol. The fraction of sp³-hybridized carbons (Fsp3) is 0.278. The van der Waals surface area contributed by atoms with Crippen LogP contribution in [0.2, 0.25) is 5.02 Å². The van der Waals surface area contributed by atoms with Gasteiger partial charge in [0.05, 0.1) is 10.6 Å². The van der Waals surface area contributed by atoms with Gasteiger partial charge in [-0.2, -0.15) is 0 Å². The molecule has 0 saturated heterocycles. The second kappa shape index (κ2) is 8.53. The zero-order chi connectivity index (χ0) is 19.3. The van der Waals surface area contributed by atoms with Crippen LogP contribution in [-0.2, 0) is 10.0 Å². The van der Waals surface area contributed by atoms with E-state index in [9.17, 15) is 13.2 Å². The molecule has 1 N–H and O–H groups in total. The van der Waals surface area contributed by atoms with Crippen LogP contribution in [0.25, 0.3) is 0 Å². The fourth-order valence-electron chi connectivity index (χ4n) is 2.24. The van der Waals surface area contributed by atoms with E-state index in [1.54, 1.807) is 24.3 Å². The second-order valence-corrected chi connectivity index (χ2v) is 8.44. The van der Waals surface area contributed by atoms with Crippen molar-refractivity contribution in [2.45, 2.75) is 4.90 Å². The summed E-state index contributed by atoms with van der Waals surface area (Å²) in [4.78, 5) is 14.3. The number of nitrogens with one attached hydrogen (secondary N) is 1. The highest BCUT2D eigenvalue weighted by molar-refractivity contribution is 7.92. The van der Waals surface area contributed by atoms with Crippen LogP contribution in [0.1, 0.15) is 10.4 Å². The molecule has 0 atom stereocenters. The number of likely N-dealkylation sites (N-methyl/N-ethyl adjacent to an activating group) is 1. The van der Waals surface area contributed by atoms with Crippen molar-refractivity contribution in [3.05, 3.63) is 59.1 Å². The molecule has 0 saturated carbocycles. The Morgan fingerprint density at radius 3 is 2.35 bits per heavy atom. The largest absolute Gasteiger partial charge is 0.351 e. The molecule has 0 aliphatic heterocycles. The van der Waals surface area contributed by atoms with Crippen molar-refractivity contribution in [1.29, 1.82) is 0 Å². The van der Waals surface area contributed by atoms with Gasteiger partial charge in [0.2, 0.25) is 0 Å². The molecule has 0 heterocycles. The van der Waals surface area contributed by atoms with Crippen LogP contribution in [0.5, 0.6) is 0 Å². The van der Waals surface area contributed by atoms with Gasteiger partial charge in [0.25, 0.3) is 15.9 Å². The molecule has 0 aliphatic rings. The molecule has 2 aromatic carbocycles. The lowest BCUT2D eigenvalue weighted by Crippen LogP contribution is -2.31. The van der Waals surface area contributed by atoms with E-state index in [4.69, 9.17) is 11.6 Å². The van der Waals surface area contributed by atoms with E-state index in [0.717, 1.165) is 10.8 Å². The first-order valence-corrected chi connectivity index (χ1v) is 9.81. The molecule has 0 unspecified atom stereocenters. The lowest BCUT2D eigenvalue weighted by molar-refractivity contribution is 0.0951. The van der Waals surface area contributed by atoms with Gasteiger partial charge in [-0.1, -0.05) is 17.7 Å². The molecule has 1 amide bonds. The summed E-state index contributed by atoms with van der Waals surface area (Å²) in [7, 11) is 1.55. The van der Waals surface area contributed by atoms with Gasteiger partial charge in [-0.3, -0.25) is 9.10 Å². The number of hydrogen-bond donors (Lipinski definition) is 1. The zero-order valence-corrected chi connectivity index (χ0v) is 16.5. The summed E-state index contributed by atoms with van der Waals surface area (Å²) in [6.07, 6.45) is 0. The minimum absolute atomic E-state index is 0.130. The molecule has 0 bridgehead atoms. The lowest BCUT2D eigenvalue weighted by atomic mass is 10.2. The van der Waals surface area contributed by atoms with Crippen LogP contribution in [0.15, 0.2) is 53.4 Å². The SMILES string of the molecule is CN(C)CCNC(=O)c1cccc(N(C)S(=O)(=O)c2ccc(Cl)cc2)c1. The first-order chi connectivity index (χ1) is 12.2. The van der Waals surface area contributed by atoms with Gasteiger partial charge < -0.3 is 10.2 Å². The number of hydrogen-bond acceptors (Lipinski definition) is 4. The van der Waals surface area contributed by atoms with Crippen LogP contribution < -0.4 is 9.62 Å². The highest BCUT2D eigenvalue weighted by Crippen LogP contribution is 2.24. The van der Waals surface area contributed by atoms with Crippen molar-refractivity contribution < 1.29 is 13.2 Å². The number of rotatable bonds is 7. The smallest absolute Gasteiger partial charge is 0.264 e. The Bertz CT molecular complexity index is 868. The first-order valence-electron chi connectivity index (χ1n) is 7.99. The lowest BCUT2D eigenvalue weighted by Gasteiger charge is -2.20. The number of nitrogens with zero attached hydrogens (tertiary/aromatic N) is 2. The van der Waals surface area contributed by atoms with Gasteiger partial charge in [-0.25, -0.2) is 8.42 Å². The molecule has 0 aromatic heterocycles. The molecule has 0 radical (unpaired) electrons. The molecule has 8 heteroatoms. The molecule has 2 aromatic rings. The minimum atomic E-state index is -3.74. The molecule has 140 valence electrons. The summed E-state index contributed by atoms with van der Waals surface area (Å²) in [5.74, 6) is -0.244. The Labute approximate surface area is 159 Å². The molecule has 0 spiro atoms. The second-order valence-electron chi connectivity index (χ2n) is 6.04. The highest BCUT2D eigenvalue weighted by Gasteiger charge is 2.22. The van der Waals surface area contributed by atoms with Crippen LogP contribution in [0.3, 0.4) is 0 Å². The number of amides is 1. The fourth-order valence-corrected chi connectivity index (χ4v) is 3.55. The van der Waals surface area contributed by atoms with Gasteiger partial charge in [-0.05, 0) is 56.6 Å². The Morgan fingerprint density at radius 1 is 1.08 bits per heavy atom. The van der Waals surface area contributed by atoms with Crippen LogP contribution in [-0.4, -0.2) is 53.5 Å². The summed E-state index contributed by atoms with van der Waals surface area (Å²) in [6.45, 7) is 1.23. The third kappa shape index (κ3) is 4.97. The number of carbonyl (C=O) groups is 1. The molecule has 0 fully saturated rings. The Kier molecular flexibility index (Phi) is 6.63. The quantitative estimate of drug-likeness (QED) is 0.781. The van der Waals surface area contributed by atoms with Gasteiger partial charge in [0, 0.05) is 30.7 Å². The van der Waals surface area contributed by atoms with Crippen LogP contribution in [0.4, 0.5) is 5.69 Å². The van der Waals surface area contributed by atoms with E-state index in [0.29, 0.717) is 22.8 Å². The third-order valence-electron chi connectivity index (χ3n) is 3.79. The summed E-state index contributed by atoms with van der Waals surface area (Å²) >= 11 is 5.82. The average Bonchev–Trinajstić information content (AvgIpc) is 2.61. The Morgan fingerprint density at radius 2 is 1.73 bits per heavy atom. The van der Waals surface area contributed by atoms with Gasteiger partial charge in [-0.15, -0.1) is 0 Å². The predicted octanol–water partition coefficient (Wildman–Crippen LogP) is 2.46. The van der Waals surface area contributed by atoms with Crippen LogP contribution in [0, 0.1) is 0 Å². The van der Waals surface area contributed by atoms with Crippen molar-refractivity contribution in [3.63, 3.8) is 0 Å². The summed E-state index contributed by atoms with van der Waals surface area (Å²) in [5.41, 5.74) is 0.805. The topological polar surface area (TPSA) is 69.7 Å². The normalized spacial score (nSPS) is 11.4. The molecule has 0 aliphatic carbocycles. The summed E-state index contributed by atoms with van der Waals surface area (Å²) in [6, 6.07) is 12.5. The minimum Gasteiger partial charge on any atom is -0.351 e. The van der Waals surface area contributed by atoms with E-state index < -0.39 is 10.0 Å². The molecular formula is C18H22ClN3O3S. The molecule has 26 heavy (non-hydrogen) atoms. The van der Waals surface area contributed by atoms with Crippen molar-refractivity contribution in [2.75, 3.05) is 38.5 Å². The summed E-state index contributed by atoms with van der Waals surface area (Å²) in [5, 5.41) is 3.27. The van der Waals surface area contributed by atoms with E-state index in [2.05, 4.69) is 5.32 Å². The monoisotopic (exact) mass is 395 g/mol. The van der Waals surface area contributed by atoms with Crippen molar-refractivity contribution >= 4 is 33.2 Å². The summed E-state index contributed by atoms with van der Waals surface area (Å²) < 4.78 is 26.6. The van der Waals surface area contributed by atoms with Crippen molar-refractivity contribution in [3.8, 4) is 0 Å². The molecule has 2 rings (SSSR count). The number of anilines is 1. The third-order valence-corrected chi connectivity index (χ3v) is 5.84. The number of sulfonamides is 1. The Hall–Kier alpha value is -2.09. The predicted molar refractivity (Wildman–Crippen MR) is 104 cm³/mol. The number of halogens is 1. The molecular weight excluding hydrogens is 374 g/mol. The van der Waals surface area contributed by atoms with E-state index in [1.165, 1.54) is 31.3 Å². The van der Waals surface area contributed by atoms with Crippen LogP contribution >= 0.6 is 11.6 Å². The highest BCUT2D eigenvalue weighted by atomic mass is 35.5. The Balaban J connectivity index is 2.20. The molecule has 6 nitrogen and oxygen atoms in total. The maximum atomic E-state index is 12.7. The number of benzene rings is 2. The zero-order valence-electron chi connectivity index (χ0n) is 14.9. The van der Waals surface area contributed by atoms with Gasteiger partial charge >= 0.3 is 0 Å². The maximum absolute atomic E-state index is 12.7. The van der Waals surface area contributed by atoms with Gasteiger partial charge in [0.1, 0.15) is 0 Å². The van der Waals surface area contributed by atoms with E-state index in [-0.39, 0.29) is 10.8 Å². The van der Waals surface area contributed by atoms with E-state index in [1.807, 2.05) is 19.0 Å². The van der Waals surface area contributed by atoms with Crippen molar-refractivity contribution in [2.24, 2.45) is 0 Å². The standard InChI is InChI=1S/C18H22ClN3O3S/c1-21(2)12-11-20-18(23)14-5-4-6-16(13-14)22(3)26(24,25)17-9-7-15(19)8-10-17/h4-10,13H,11-12H2,1-3H3,(H,20,23). The first kappa shape index (κ1) is 20.2.